The average Bonchev–Trinajstić information content (AvgIpc) is 2.88. The molecule has 3 rings (SSSR count). The topological polar surface area (TPSA) is 0 Å². The Bertz CT molecular complexity index is 775. The van der Waals surface area contributed by atoms with Crippen LogP contribution in [0, 0.1) is 23.3 Å². The van der Waals surface area contributed by atoms with Crippen LogP contribution in [-0.2, 0) is 6.42 Å². The maximum Gasteiger partial charge on any atom is 0.198 e. The molecule has 0 saturated heterocycles. The summed E-state index contributed by atoms with van der Waals surface area (Å²) >= 11 is 0. The molecule has 0 amide bonds. The third-order valence-electron chi connectivity index (χ3n) is 4.00. The van der Waals surface area contributed by atoms with E-state index in [9.17, 15) is 17.6 Å². The summed E-state index contributed by atoms with van der Waals surface area (Å²) in [6, 6.07) is 8.32. The van der Waals surface area contributed by atoms with E-state index in [1.165, 1.54) is 0 Å². The summed E-state index contributed by atoms with van der Waals surface area (Å²) in [6.45, 7) is 1.98. The summed E-state index contributed by atoms with van der Waals surface area (Å²) in [5.74, 6) is -6.22. The Morgan fingerprint density at radius 3 is 2.36 bits per heavy atom. The van der Waals surface area contributed by atoms with Gasteiger partial charge < -0.3 is 0 Å². The molecular weight excluding hydrogens is 292 g/mol. The molecule has 0 aliphatic heterocycles. The molecule has 4 heteroatoms. The Labute approximate surface area is 126 Å². The Hall–Kier alpha value is -2.10. The third-order valence-corrected chi connectivity index (χ3v) is 4.00. The molecule has 0 aromatic heterocycles. The van der Waals surface area contributed by atoms with Crippen molar-refractivity contribution >= 4 is 11.1 Å². The Morgan fingerprint density at radius 1 is 0.909 bits per heavy atom. The maximum atomic E-state index is 14.1. The van der Waals surface area contributed by atoms with Gasteiger partial charge in [-0.05, 0) is 41.2 Å². The highest BCUT2D eigenvalue weighted by Gasteiger charge is 2.27. The van der Waals surface area contributed by atoms with Crippen LogP contribution in [0.15, 0.2) is 30.3 Å². The van der Waals surface area contributed by atoms with Crippen LogP contribution >= 0.6 is 0 Å². The zero-order valence-corrected chi connectivity index (χ0v) is 12.0. The Morgan fingerprint density at radius 2 is 1.64 bits per heavy atom. The first-order valence-electron chi connectivity index (χ1n) is 7.18. The van der Waals surface area contributed by atoms with Crippen molar-refractivity contribution in [2.45, 2.75) is 26.2 Å². The van der Waals surface area contributed by atoms with Crippen molar-refractivity contribution in [3.05, 3.63) is 70.3 Å². The fourth-order valence-electron chi connectivity index (χ4n) is 3.01. The van der Waals surface area contributed by atoms with E-state index in [0.29, 0.717) is 18.4 Å². The fourth-order valence-corrected chi connectivity index (χ4v) is 3.01. The van der Waals surface area contributed by atoms with Gasteiger partial charge in [-0.1, -0.05) is 37.6 Å². The predicted molar refractivity (Wildman–Crippen MR) is 78.1 cm³/mol. The highest BCUT2D eigenvalue weighted by atomic mass is 19.2. The number of hydrogen-bond donors (Lipinski definition) is 0. The number of hydrogen-bond acceptors (Lipinski definition) is 0. The van der Waals surface area contributed by atoms with Gasteiger partial charge in [0.1, 0.15) is 0 Å². The van der Waals surface area contributed by atoms with Gasteiger partial charge >= 0.3 is 0 Å². The molecule has 2 aromatic rings. The van der Waals surface area contributed by atoms with E-state index in [0.717, 1.165) is 29.2 Å². The zero-order valence-electron chi connectivity index (χ0n) is 12.0. The monoisotopic (exact) mass is 306 g/mol. The zero-order chi connectivity index (χ0) is 15.9. The quantitative estimate of drug-likeness (QED) is 0.398. The first-order chi connectivity index (χ1) is 10.5. The molecule has 114 valence electrons. The first kappa shape index (κ1) is 14.8. The SMILES string of the molecule is CCCC1=C(c2cc(F)c(F)c(F)c2F)Cc2ccccc21. The summed E-state index contributed by atoms with van der Waals surface area (Å²) in [6.07, 6.45) is 1.89. The number of benzene rings is 2. The van der Waals surface area contributed by atoms with Crippen LogP contribution in [0.25, 0.3) is 11.1 Å². The second-order valence-electron chi connectivity index (χ2n) is 5.39. The summed E-state index contributed by atoms with van der Waals surface area (Å²) in [7, 11) is 0. The molecule has 0 radical (unpaired) electrons. The van der Waals surface area contributed by atoms with Crippen molar-refractivity contribution in [3.63, 3.8) is 0 Å². The maximum absolute atomic E-state index is 14.1. The van der Waals surface area contributed by atoms with Gasteiger partial charge in [-0.2, -0.15) is 0 Å². The van der Waals surface area contributed by atoms with E-state index in [1.54, 1.807) is 0 Å². The summed E-state index contributed by atoms with van der Waals surface area (Å²) in [5, 5.41) is 0. The van der Waals surface area contributed by atoms with Gasteiger partial charge in [0.15, 0.2) is 23.3 Å². The largest absolute Gasteiger partial charge is 0.204 e. The van der Waals surface area contributed by atoms with Gasteiger partial charge in [-0.25, -0.2) is 17.6 Å². The highest BCUT2D eigenvalue weighted by Crippen LogP contribution is 2.42. The minimum absolute atomic E-state index is 0.184. The molecule has 0 nitrogen and oxygen atoms in total. The van der Waals surface area contributed by atoms with Gasteiger partial charge in [0, 0.05) is 5.56 Å². The second-order valence-corrected chi connectivity index (χ2v) is 5.39. The molecule has 2 aromatic carbocycles. The van der Waals surface area contributed by atoms with Crippen LogP contribution in [0.1, 0.15) is 36.5 Å². The van der Waals surface area contributed by atoms with Gasteiger partial charge in [-0.3, -0.25) is 0 Å². The number of rotatable bonds is 3. The first-order valence-corrected chi connectivity index (χ1v) is 7.18. The van der Waals surface area contributed by atoms with E-state index < -0.39 is 23.3 Å². The molecule has 0 bridgehead atoms. The summed E-state index contributed by atoms with van der Waals surface area (Å²) in [4.78, 5) is 0. The van der Waals surface area contributed by atoms with Crippen molar-refractivity contribution in [3.8, 4) is 0 Å². The smallest absolute Gasteiger partial charge is 0.198 e. The third kappa shape index (κ3) is 2.23. The Balaban J connectivity index is 2.22. The molecular formula is C18H14F4. The molecule has 22 heavy (non-hydrogen) atoms. The molecule has 0 unspecified atom stereocenters. The van der Waals surface area contributed by atoms with Crippen LogP contribution in [0.4, 0.5) is 17.6 Å². The van der Waals surface area contributed by atoms with E-state index >= 15 is 0 Å². The van der Waals surface area contributed by atoms with E-state index in [1.807, 2.05) is 31.2 Å². The second kappa shape index (κ2) is 5.59. The molecule has 0 N–H and O–H groups in total. The molecule has 0 fully saturated rings. The lowest BCUT2D eigenvalue weighted by Gasteiger charge is -2.10. The lowest BCUT2D eigenvalue weighted by Crippen LogP contribution is -2.02. The van der Waals surface area contributed by atoms with E-state index in [2.05, 4.69) is 0 Å². The van der Waals surface area contributed by atoms with Crippen molar-refractivity contribution in [1.29, 1.82) is 0 Å². The van der Waals surface area contributed by atoms with Gasteiger partial charge in [0.05, 0.1) is 0 Å². The lowest BCUT2D eigenvalue weighted by atomic mass is 9.96. The summed E-state index contributed by atoms with van der Waals surface area (Å²) < 4.78 is 54.3. The van der Waals surface area contributed by atoms with Crippen molar-refractivity contribution in [1.82, 2.24) is 0 Å². The van der Waals surface area contributed by atoms with Gasteiger partial charge in [0.2, 0.25) is 0 Å². The molecule has 1 aliphatic rings. The molecule has 0 atom stereocenters. The van der Waals surface area contributed by atoms with Crippen molar-refractivity contribution in [2.24, 2.45) is 0 Å². The average molecular weight is 306 g/mol. The van der Waals surface area contributed by atoms with Gasteiger partial charge in [0.25, 0.3) is 0 Å². The summed E-state index contributed by atoms with van der Waals surface area (Å²) in [5.41, 5.74) is 3.20. The van der Waals surface area contributed by atoms with Crippen LogP contribution in [0.3, 0.4) is 0 Å². The normalized spacial score (nSPS) is 13.7. The Kier molecular flexibility index (Phi) is 3.77. The van der Waals surface area contributed by atoms with E-state index in [4.69, 9.17) is 0 Å². The highest BCUT2D eigenvalue weighted by molar-refractivity contribution is 5.97. The number of fused-ring (bicyclic) bond motifs is 1. The standard InChI is InChI=1S/C18H14F4/c1-2-5-12-11-7-4-3-6-10(11)8-13(12)14-9-15(19)17(21)18(22)16(14)20/h3-4,6-7,9H,2,5,8H2,1H3. The van der Waals surface area contributed by atoms with Crippen LogP contribution in [0.5, 0.6) is 0 Å². The van der Waals surface area contributed by atoms with Gasteiger partial charge in [-0.15, -0.1) is 0 Å². The molecule has 1 aliphatic carbocycles. The molecule has 0 spiro atoms. The fraction of sp³-hybridized carbons (Fsp3) is 0.222. The lowest BCUT2D eigenvalue weighted by molar-refractivity contribution is 0.407. The number of halogens is 4. The number of allylic oxidation sites excluding steroid dienone is 2. The van der Waals surface area contributed by atoms with Crippen LogP contribution in [0.2, 0.25) is 0 Å². The van der Waals surface area contributed by atoms with Crippen molar-refractivity contribution in [2.75, 3.05) is 0 Å². The minimum atomic E-state index is -1.77. The van der Waals surface area contributed by atoms with E-state index in [-0.39, 0.29) is 5.56 Å². The predicted octanol–water partition coefficient (Wildman–Crippen LogP) is 5.51. The molecule has 0 saturated carbocycles. The van der Waals surface area contributed by atoms with Crippen LogP contribution < -0.4 is 0 Å². The minimum Gasteiger partial charge on any atom is -0.204 e. The van der Waals surface area contributed by atoms with Crippen molar-refractivity contribution < 1.29 is 17.6 Å². The van der Waals surface area contributed by atoms with Crippen LogP contribution in [-0.4, -0.2) is 0 Å². The molecule has 0 heterocycles.